The molecule has 0 aromatic carbocycles. The van der Waals surface area contributed by atoms with Crippen molar-refractivity contribution in [2.45, 2.75) is 33.1 Å². The van der Waals surface area contributed by atoms with Crippen LogP contribution >= 0.6 is 0 Å². The average Bonchev–Trinajstić information content (AvgIpc) is 2.36. The molecule has 1 aliphatic rings. The third kappa shape index (κ3) is 3.85. The van der Waals surface area contributed by atoms with Crippen molar-refractivity contribution >= 4 is 17.9 Å². The molecule has 1 saturated carbocycles. The molecule has 7 heteroatoms. The average molecular weight is 285 g/mol. The number of aliphatic carboxylic acids is 1. The SMILES string of the molecule is CCN(CC)C(=O)CNC(=O)NCC1(C(=O)O)CCC1. The number of urea groups is 1. The lowest BCUT2D eigenvalue weighted by molar-refractivity contribution is -0.153. The van der Waals surface area contributed by atoms with Crippen LogP contribution in [0, 0.1) is 5.41 Å². The van der Waals surface area contributed by atoms with Crippen LogP contribution < -0.4 is 10.6 Å². The molecule has 1 rings (SSSR count). The standard InChI is InChI=1S/C13H23N3O4/c1-3-16(4-2)10(17)8-14-12(20)15-9-13(11(18)19)6-5-7-13/h3-9H2,1-2H3,(H,18,19)(H2,14,15,20). The van der Waals surface area contributed by atoms with Gasteiger partial charge in [0.05, 0.1) is 12.0 Å². The second-order valence-electron chi connectivity index (χ2n) is 5.04. The van der Waals surface area contributed by atoms with Gasteiger partial charge in [0.15, 0.2) is 0 Å². The summed E-state index contributed by atoms with van der Waals surface area (Å²) in [4.78, 5) is 36.0. The summed E-state index contributed by atoms with van der Waals surface area (Å²) in [5.41, 5.74) is -0.819. The second-order valence-corrected chi connectivity index (χ2v) is 5.04. The topological polar surface area (TPSA) is 98.7 Å². The Hall–Kier alpha value is -1.79. The zero-order valence-corrected chi connectivity index (χ0v) is 12.1. The molecule has 0 atom stereocenters. The van der Waals surface area contributed by atoms with E-state index >= 15 is 0 Å². The minimum absolute atomic E-state index is 0.0758. The first kappa shape index (κ1) is 16.3. The molecule has 0 unspecified atom stereocenters. The number of carbonyl (C=O) groups is 3. The molecule has 3 N–H and O–H groups in total. The number of amides is 3. The molecule has 114 valence electrons. The number of rotatable bonds is 7. The number of nitrogens with one attached hydrogen (secondary N) is 2. The Morgan fingerprint density at radius 2 is 1.75 bits per heavy atom. The number of carboxylic acids is 1. The fourth-order valence-electron chi connectivity index (χ4n) is 2.23. The minimum Gasteiger partial charge on any atom is -0.481 e. The van der Waals surface area contributed by atoms with Crippen molar-refractivity contribution in [2.75, 3.05) is 26.2 Å². The van der Waals surface area contributed by atoms with Gasteiger partial charge < -0.3 is 20.6 Å². The molecular formula is C13H23N3O4. The highest BCUT2D eigenvalue weighted by molar-refractivity contribution is 5.84. The smallest absolute Gasteiger partial charge is 0.315 e. The summed E-state index contributed by atoms with van der Waals surface area (Å²) in [6.45, 7) is 4.96. The van der Waals surface area contributed by atoms with Crippen LogP contribution in [0.25, 0.3) is 0 Å². The molecule has 1 fully saturated rings. The number of hydrogen-bond donors (Lipinski definition) is 3. The van der Waals surface area contributed by atoms with Gasteiger partial charge in [-0.1, -0.05) is 6.42 Å². The monoisotopic (exact) mass is 285 g/mol. The van der Waals surface area contributed by atoms with Gasteiger partial charge in [-0.3, -0.25) is 9.59 Å². The zero-order chi connectivity index (χ0) is 15.2. The summed E-state index contributed by atoms with van der Waals surface area (Å²) in [6.07, 6.45) is 2.04. The number of nitrogens with zero attached hydrogens (tertiary/aromatic N) is 1. The second kappa shape index (κ2) is 7.12. The maximum atomic E-state index is 11.7. The lowest BCUT2D eigenvalue weighted by Crippen LogP contribution is -2.51. The van der Waals surface area contributed by atoms with E-state index in [0.717, 1.165) is 6.42 Å². The van der Waals surface area contributed by atoms with E-state index in [1.54, 1.807) is 4.90 Å². The van der Waals surface area contributed by atoms with Gasteiger partial charge in [0, 0.05) is 19.6 Å². The molecule has 0 aromatic rings. The Kier molecular flexibility index (Phi) is 5.79. The van der Waals surface area contributed by atoms with E-state index < -0.39 is 17.4 Å². The van der Waals surface area contributed by atoms with Gasteiger partial charge in [0.25, 0.3) is 0 Å². The maximum absolute atomic E-state index is 11.7. The van der Waals surface area contributed by atoms with E-state index in [0.29, 0.717) is 25.9 Å². The van der Waals surface area contributed by atoms with Crippen LogP contribution in [0.2, 0.25) is 0 Å². The summed E-state index contributed by atoms with van der Waals surface area (Å²) in [5, 5.41) is 14.1. The van der Waals surface area contributed by atoms with Crippen LogP contribution in [0.4, 0.5) is 4.79 Å². The van der Waals surface area contributed by atoms with Crippen molar-refractivity contribution in [1.82, 2.24) is 15.5 Å². The Morgan fingerprint density at radius 1 is 1.15 bits per heavy atom. The first-order valence-electron chi connectivity index (χ1n) is 6.98. The molecule has 0 saturated heterocycles. The van der Waals surface area contributed by atoms with Crippen molar-refractivity contribution in [3.8, 4) is 0 Å². The van der Waals surface area contributed by atoms with Crippen LogP contribution in [-0.4, -0.2) is 54.1 Å². The van der Waals surface area contributed by atoms with Gasteiger partial charge in [-0.2, -0.15) is 0 Å². The van der Waals surface area contributed by atoms with Gasteiger partial charge in [0.2, 0.25) is 5.91 Å². The number of carbonyl (C=O) groups excluding carboxylic acids is 2. The largest absolute Gasteiger partial charge is 0.481 e. The van der Waals surface area contributed by atoms with Gasteiger partial charge in [0.1, 0.15) is 0 Å². The fourth-order valence-corrected chi connectivity index (χ4v) is 2.23. The highest BCUT2D eigenvalue weighted by atomic mass is 16.4. The molecule has 1 aliphatic carbocycles. The van der Waals surface area contributed by atoms with Crippen molar-refractivity contribution in [3.63, 3.8) is 0 Å². The van der Waals surface area contributed by atoms with Crippen molar-refractivity contribution in [2.24, 2.45) is 5.41 Å². The molecular weight excluding hydrogens is 262 g/mol. The van der Waals surface area contributed by atoms with Gasteiger partial charge >= 0.3 is 12.0 Å². The van der Waals surface area contributed by atoms with Gasteiger partial charge in [-0.15, -0.1) is 0 Å². The van der Waals surface area contributed by atoms with Gasteiger partial charge in [-0.25, -0.2) is 4.79 Å². The van der Waals surface area contributed by atoms with E-state index in [4.69, 9.17) is 5.11 Å². The molecule has 0 heterocycles. The highest BCUT2D eigenvalue weighted by Gasteiger charge is 2.44. The number of likely N-dealkylation sites (N-methyl/N-ethyl adjacent to an activating group) is 1. The molecule has 20 heavy (non-hydrogen) atoms. The molecule has 0 aliphatic heterocycles. The van der Waals surface area contributed by atoms with E-state index in [1.807, 2.05) is 13.8 Å². The van der Waals surface area contributed by atoms with Crippen molar-refractivity contribution in [1.29, 1.82) is 0 Å². The summed E-state index contributed by atoms with van der Waals surface area (Å²) in [5.74, 6) is -1.02. The molecule has 0 radical (unpaired) electrons. The highest BCUT2D eigenvalue weighted by Crippen LogP contribution is 2.40. The Bertz CT molecular complexity index is 376. The van der Waals surface area contributed by atoms with E-state index in [9.17, 15) is 14.4 Å². The third-order valence-corrected chi connectivity index (χ3v) is 3.87. The molecule has 7 nitrogen and oxygen atoms in total. The fraction of sp³-hybridized carbons (Fsp3) is 0.769. The van der Waals surface area contributed by atoms with Gasteiger partial charge in [-0.05, 0) is 26.7 Å². The lowest BCUT2D eigenvalue weighted by Gasteiger charge is -2.37. The normalized spacial score (nSPS) is 15.9. The zero-order valence-electron chi connectivity index (χ0n) is 12.1. The Labute approximate surface area is 118 Å². The summed E-state index contributed by atoms with van der Waals surface area (Å²) in [6, 6.07) is -0.502. The molecule has 0 bridgehead atoms. The quantitative estimate of drug-likeness (QED) is 0.631. The first-order valence-corrected chi connectivity index (χ1v) is 6.98. The van der Waals surface area contributed by atoms with Crippen LogP contribution in [0.1, 0.15) is 33.1 Å². The van der Waals surface area contributed by atoms with Crippen LogP contribution in [0.3, 0.4) is 0 Å². The van der Waals surface area contributed by atoms with Crippen LogP contribution in [0.15, 0.2) is 0 Å². The summed E-state index contributed by atoms with van der Waals surface area (Å²) < 4.78 is 0. The molecule has 3 amide bonds. The Morgan fingerprint density at radius 3 is 2.15 bits per heavy atom. The summed E-state index contributed by atoms with van der Waals surface area (Å²) >= 11 is 0. The van der Waals surface area contributed by atoms with Crippen LogP contribution in [0.5, 0.6) is 0 Å². The maximum Gasteiger partial charge on any atom is 0.315 e. The minimum atomic E-state index is -0.872. The van der Waals surface area contributed by atoms with E-state index in [1.165, 1.54) is 0 Å². The predicted molar refractivity (Wildman–Crippen MR) is 73.2 cm³/mol. The van der Waals surface area contributed by atoms with Crippen molar-refractivity contribution in [3.05, 3.63) is 0 Å². The molecule has 0 aromatic heterocycles. The predicted octanol–water partition coefficient (Wildman–Crippen LogP) is 0.409. The van der Waals surface area contributed by atoms with Crippen LogP contribution in [-0.2, 0) is 9.59 Å². The van der Waals surface area contributed by atoms with E-state index in [-0.39, 0.29) is 19.0 Å². The lowest BCUT2D eigenvalue weighted by atomic mass is 9.69. The summed E-state index contributed by atoms with van der Waals surface area (Å²) in [7, 11) is 0. The first-order chi connectivity index (χ1) is 9.45. The number of hydrogen-bond acceptors (Lipinski definition) is 3. The van der Waals surface area contributed by atoms with Crippen molar-refractivity contribution < 1.29 is 19.5 Å². The molecule has 0 spiro atoms. The number of carboxylic acid groups (broad SMARTS) is 1. The third-order valence-electron chi connectivity index (χ3n) is 3.87. The Balaban J connectivity index is 2.30. The van der Waals surface area contributed by atoms with E-state index in [2.05, 4.69) is 10.6 Å².